The number of thiophene rings is 1. The highest BCUT2D eigenvalue weighted by molar-refractivity contribution is 9.10. The van der Waals surface area contributed by atoms with Gasteiger partial charge in [-0.05, 0) is 27.4 Å². The molecule has 0 saturated carbocycles. The van der Waals surface area contributed by atoms with Gasteiger partial charge in [0.25, 0.3) is 11.4 Å². The largest absolute Gasteiger partial charge is 0.333 e. The normalized spacial score (nSPS) is 11.4. The Labute approximate surface area is 141 Å². The summed E-state index contributed by atoms with van der Waals surface area (Å²) in [5.74, 6) is 0.858. The average Bonchev–Trinajstić information content (AvgIpc) is 3.23. The van der Waals surface area contributed by atoms with E-state index in [-0.39, 0.29) is 12.1 Å². The molecule has 4 aromatic heterocycles. The standard InChI is InChI=1S/C13H9BrN6O2S/c1-19-11-9(10(14)17-19)13(21)20(6-15-11)5-8-16-12(22-18-8)7-3-2-4-23-7/h2-4,6H,5H2,1H3. The zero-order valence-electron chi connectivity index (χ0n) is 11.8. The SMILES string of the molecule is Cn1nc(Br)c2c(=O)n(Cc3noc(-c4cccs4)n3)cnc21. The molecule has 0 atom stereocenters. The fourth-order valence-electron chi connectivity index (χ4n) is 2.22. The van der Waals surface area contributed by atoms with Gasteiger partial charge in [-0.2, -0.15) is 10.1 Å². The summed E-state index contributed by atoms with van der Waals surface area (Å²) >= 11 is 4.80. The first-order chi connectivity index (χ1) is 11.1. The van der Waals surface area contributed by atoms with Crippen LogP contribution >= 0.6 is 27.3 Å². The van der Waals surface area contributed by atoms with Gasteiger partial charge in [0, 0.05) is 7.05 Å². The van der Waals surface area contributed by atoms with Gasteiger partial charge in [-0.15, -0.1) is 11.3 Å². The van der Waals surface area contributed by atoms with Crippen molar-refractivity contribution in [1.29, 1.82) is 0 Å². The van der Waals surface area contributed by atoms with Crippen LogP contribution in [0, 0.1) is 0 Å². The topological polar surface area (TPSA) is 91.6 Å². The summed E-state index contributed by atoms with van der Waals surface area (Å²) in [5.41, 5.74) is 0.308. The summed E-state index contributed by atoms with van der Waals surface area (Å²) in [6.45, 7) is 0.179. The molecule has 0 aromatic carbocycles. The van der Waals surface area contributed by atoms with E-state index in [2.05, 4.69) is 36.2 Å². The van der Waals surface area contributed by atoms with Crippen LogP contribution in [0.15, 0.2) is 37.8 Å². The van der Waals surface area contributed by atoms with Crippen molar-refractivity contribution in [1.82, 2.24) is 29.5 Å². The van der Waals surface area contributed by atoms with Gasteiger partial charge < -0.3 is 4.52 Å². The molecule has 4 aromatic rings. The van der Waals surface area contributed by atoms with Gasteiger partial charge in [0.05, 0.1) is 11.4 Å². The fourth-order valence-corrected chi connectivity index (χ4v) is 3.45. The van der Waals surface area contributed by atoms with Crippen LogP contribution < -0.4 is 5.56 Å². The van der Waals surface area contributed by atoms with Gasteiger partial charge >= 0.3 is 0 Å². The molecular weight excluding hydrogens is 384 g/mol. The Hall–Kier alpha value is -2.33. The Kier molecular flexibility index (Phi) is 3.34. The lowest BCUT2D eigenvalue weighted by Crippen LogP contribution is -2.21. The molecule has 4 heterocycles. The fraction of sp³-hybridized carbons (Fsp3) is 0.154. The molecule has 4 rings (SSSR count). The quantitative estimate of drug-likeness (QED) is 0.529. The molecule has 0 bridgehead atoms. The Morgan fingerprint density at radius 2 is 2.30 bits per heavy atom. The maximum Gasteiger partial charge on any atom is 0.268 e. The minimum absolute atomic E-state index is 0.179. The van der Waals surface area contributed by atoms with E-state index in [1.165, 1.54) is 22.2 Å². The first-order valence-electron chi connectivity index (χ1n) is 6.57. The number of rotatable bonds is 3. The van der Waals surface area contributed by atoms with Crippen molar-refractivity contribution in [3.63, 3.8) is 0 Å². The second kappa shape index (κ2) is 5.39. The van der Waals surface area contributed by atoms with Gasteiger partial charge in [-0.25, -0.2) is 9.67 Å². The second-order valence-electron chi connectivity index (χ2n) is 4.78. The van der Waals surface area contributed by atoms with Gasteiger partial charge in [0.2, 0.25) is 0 Å². The van der Waals surface area contributed by atoms with Gasteiger partial charge in [-0.3, -0.25) is 9.36 Å². The molecule has 116 valence electrons. The van der Waals surface area contributed by atoms with Crippen molar-refractivity contribution in [2.24, 2.45) is 7.05 Å². The third-order valence-corrected chi connectivity index (χ3v) is 4.69. The highest BCUT2D eigenvalue weighted by Crippen LogP contribution is 2.22. The van der Waals surface area contributed by atoms with Crippen LogP contribution in [0.3, 0.4) is 0 Å². The van der Waals surface area contributed by atoms with E-state index >= 15 is 0 Å². The van der Waals surface area contributed by atoms with E-state index in [1.54, 1.807) is 11.7 Å². The molecule has 0 fully saturated rings. The molecule has 0 amide bonds. The lowest BCUT2D eigenvalue weighted by atomic mass is 10.4. The van der Waals surface area contributed by atoms with Crippen LogP contribution in [0.2, 0.25) is 0 Å². The van der Waals surface area contributed by atoms with Crippen molar-refractivity contribution in [3.05, 3.63) is 44.6 Å². The van der Waals surface area contributed by atoms with Crippen molar-refractivity contribution < 1.29 is 4.52 Å². The summed E-state index contributed by atoms with van der Waals surface area (Å²) in [4.78, 5) is 22.0. The Morgan fingerprint density at radius 3 is 3.09 bits per heavy atom. The van der Waals surface area contributed by atoms with Crippen LogP contribution in [0.5, 0.6) is 0 Å². The first kappa shape index (κ1) is 14.3. The Morgan fingerprint density at radius 1 is 1.43 bits per heavy atom. The molecule has 0 aliphatic heterocycles. The number of aromatic nitrogens is 6. The third-order valence-electron chi connectivity index (χ3n) is 3.28. The summed E-state index contributed by atoms with van der Waals surface area (Å²) in [6, 6.07) is 3.81. The minimum Gasteiger partial charge on any atom is -0.333 e. The summed E-state index contributed by atoms with van der Waals surface area (Å²) in [7, 11) is 1.73. The molecule has 0 aliphatic rings. The smallest absolute Gasteiger partial charge is 0.268 e. The van der Waals surface area contributed by atoms with Crippen LogP contribution in [0.1, 0.15) is 5.82 Å². The third kappa shape index (κ3) is 2.39. The van der Waals surface area contributed by atoms with E-state index in [1.807, 2.05) is 17.5 Å². The van der Waals surface area contributed by atoms with Crippen LogP contribution in [0.4, 0.5) is 0 Å². The van der Waals surface area contributed by atoms with Gasteiger partial charge in [0.1, 0.15) is 16.3 Å². The molecule has 23 heavy (non-hydrogen) atoms. The van der Waals surface area contributed by atoms with Crippen molar-refractivity contribution in [2.45, 2.75) is 6.54 Å². The van der Waals surface area contributed by atoms with Crippen LogP contribution in [-0.2, 0) is 13.6 Å². The van der Waals surface area contributed by atoms with Gasteiger partial charge in [0.15, 0.2) is 11.5 Å². The van der Waals surface area contributed by atoms with E-state index in [4.69, 9.17) is 4.52 Å². The molecule has 0 unspecified atom stereocenters. The van der Waals surface area contributed by atoms with Crippen molar-refractivity contribution in [3.8, 4) is 10.8 Å². The van der Waals surface area contributed by atoms with Crippen molar-refractivity contribution >= 4 is 38.3 Å². The molecule has 8 nitrogen and oxygen atoms in total. The lowest BCUT2D eigenvalue weighted by molar-refractivity contribution is 0.420. The molecule has 0 aliphatic carbocycles. The second-order valence-corrected chi connectivity index (χ2v) is 6.48. The molecule has 0 N–H and O–H groups in total. The van der Waals surface area contributed by atoms with Crippen LogP contribution in [-0.4, -0.2) is 29.5 Å². The predicted octanol–water partition coefficient (Wildman–Crippen LogP) is 2.05. The highest BCUT2D eigenvalue weighted by atomic mass is 79.9. The maximum absolute atomic E-state index is 12.6. The van der Waals surface area contributed by atoms with Crippen molar-refractivity contribution in [2.75, 3.05) is 0 Å². The Bertz CT molecular complexity index is 1050. The highest BCUT2D eigenvalue weighted by Gasteiger charge is 2.15. The molecule has 0 saturated heterocycles. The monoisotopic (exact) mass is 392 g/mol. The number of hydrogen-bond acceptors (Lipinski definition) is 7. The van der Waals surface area contributed by atoms with E-state index < -0.39 is 0 Å². The number of aryl methyl sites for hydroxylation is 1. The van der Waals surface area contributed by atoms with Crippen LogP contribution in [0.25, 0.3) is 21.8 Å². The summed E-state index contributed by atoms with van der Waals surface area (Å²) in [5, 5.41) is 10.4. The van der Waals surface area contributed by atoms with E-state index in [9.17, 15) is 4.79 Å². The maximum atomic E-state index is 12.6. The zero-order chi connectivity index (χ0) is 16.0. The Balaban J connectivity index is 1.72. The van der Waals surface area contributed by atoms with E-state index in [0.29, 0.717) is 27.4 Å². The zero-order valence-corrected chi connectivity index (χ0v) is 14.2. The average molecular weight is 393 g/mol. The summed E-state index contributed by atoms with van der Waals surface area (Å²) < 4.78 is 8.67. The van der Waals surface area contributed by atoms with E-state index in [0.717, 1.165) is 4.88 Å². The summed E-state index contributed by atoms with van der Waals surface area (Å²) in [6.07, 6.45) is 1.46. The molecule has 10 heteroatoms. The molecular formula is C13H9BrN6O2S. The molecule has 0 radical (unpaired) electrons. The lowest BCUT2D eigenvalue weighted by Gasteiger charge is -2.01. The number of halogens is 1. The first-order valence-corrected chi connectivity index (χ1v) is 8.25. The predicted molar refractivity (Wildman–Crippen MR) is 87.2 cm³/mol. The number of fused-ring (bicyclic) bond motifs is 1. The van der Waals surface area contributed by atoms with Gasteiger partial charge in [-0.1, -0.05) is 11.2 Å². The number of nitrogens with zero attached hydrogens (tertiary/aromatic N) is 6. The molecule has 0 spiro atoms. The minimum atomic E-state index is -0.211. The number of hydrogen-bond donors (Lipinski definition) is 0.